The van der Waals surface area contributed by atoms with Crippen LogP contribution in [0, 0.1) is 0 Å². The quantitative estimate of drug-likeness (QED) is 0.874. The second-order valence-electron chi connectivity index (χ2n) is 5.17. The van der Waals surface area contributed by atoms with Crippen molar-refractivity contribution in [1.29, 1.82) is 0 Å². The third kappa shape index (κ3) is 4.60. The summed E-state index contributed by atoms with van der Waals surface area (Å²) in [6, 6.07) is 7.70. The Balaban J connectivity index is 1.89. The van der Waals surface area contributed by atoms with Gasteiger partial charge in [-0.2, -0.15) is 0 Å². The number of hydrogen-bond donors (Lipinski definition) is 2. The normalized spacial score (nSPS) is 21.0. The van der Waals surface area contributed by atoms with Gasteiger partial charge in [0.25, 0.3) is 0 Å². The summed E-state index contributed by atoms with van der Waals surface area (Å²) < 4.78 is 22.7. The number of benzene rings is 1. The zero-order valence-corrected chi connectivity index (χ0v) is 12.2. The monoisotopic (exact) mass is 282 g/mol. The molecule has 0 spiro atoms. The molecular weight excluding hydrogens is 260 g/mol. The highest BCUT2D eigenvalue weighted by Crippen LogP contribution is 2.11. The molecule has 1 fully saturated rings. The third-order valence-electron chi connectivity index (χ3n) is 3.52. The highest BCUT2D eigenvalue weighted by molar-refractivity contribution is 7.90. The van der Waals surface area contributed by atoms with Crippen molar-refractivity contribution in [1.82, 2.24) is 10.6 Å². The summed E-state index contributed by atoms with van der Waals surface area (Å²) in [7, 11) is -3.09. The molecule has 1 heterocycles. The van der Waals surface area contributed by atoms with Crippen LogP contribution >= 0.6 is 0 Å². The van der Waals surface area contributed by atoms with Gasteiger partial charge < -0.3 is 10.6 Å². The molecule has 19 heavy (non-hydrogen) atoms. The molecule has 2 N–H and O–H groups in total. The van der Waals surface area contributed by atoms with Gasteiger partial charge in [-0.05, 0) is 50.0 Å². The maximum atomic E-state index is 11.4. The van der Waals surface area contributed by atoms with Crippen LogP contribution in [-0.4, -0.2) is 33.8 Å². The van der Waals surface area contributed by atoms with Gasteiger partial charge in [0.15, 0.2) is 9.84 Å². The summed E-state index contributed by atoms with van der Waals surface area (Å²) in [5.41, 5.74) is 1.13. The van der Waals surface area contributed by atoms with Crippen molar-refractivity contribution in [2.75, 3.05) is 19.3 Å². The first kappa shape index (κ1) is 14.5. The predicted octanol–water partition coefficient (Wildman–Crippen LogP) is 1.32. The molecule has 0 aliphatic carbocycles. The highest BCUT2D eigenvalue weighted by Gasteiger charge is 2.11. The Morgan fingerprint density at radius 1 is 1.21 bits per heavy atom. The van der Waals surface area contributed by atoms with Crippen LogP contribution in [0.1, 0.15) is 24.8 Å². The molecule has 1 unspecified atom stereocenters. The number of rotatable bonds is 4. The first-order chi connectivity index (χ1) is 9.05. The molecule has 1 aromatic carbocycles. The summed E-state index contributed by atoms with van der Waals surface area (Å²) in [5.74, 6) is 0. The molecule has 106 valence electrons. The first-order valence-electron chi connectivity index (χ1n) is 6.79. The van der Waals surface area contributed by atoms with E-state index in [1.807, 2.05) is 12.1 Å². The van der Waals surface area contributed by atoms with Crippen molar-refractivity contribution in [3.8, 4) is 0 Å². The number of nitrogens with one attached hydrogen (secondary N) is 2. The Morgan fingerprint density at radius 2 is 1.95 bits per heavy atom. The van der Waals surface area contributed by atoms with Crippen LogP contribution in [0.25, 0.3) is 0 Å². The van der Waals surface area contributed by atoms with E-state index in [-0.39, 0.29) is 0 Å². The second-order valence-corrected chi connectivity index (χ2v) is 7.19. The van der Waals surface area contributed by atoms with Crippen molar-refractivity contribution in [2.24, 2.45) is 0 Å². The summed E-state index contributed by atoms with van der Waals surface area (Å²) in [5, 5.41) is 6.94. The fraction of sp³-hybridized carbons (Fsp3) is 0.571. The lowest BCUT2D eigenvalue weighted by Gasteiger charge is -2.15. The zero-order valence-electron chi connectivity index (χ0n) is 11.4. The summed E-state index contributed by atoms with van der Waals surface area (Å²) in [6.07, 6.45) is 4.80. The van der Waals surface area contributed by atoms with E-state index in [0.717, 1.165) is 31.6 Å². The average Bonchev–Trinajstić information content (AvgIpc) is 2.64. The van der Waals surface area contributed by atoms with Gasteiger partial charge in [0.05, 0.1) is 4.90 Å². The summed E-state index contributed by atoms with van der Waals surface area (Å²) in [6.45, 7) is 2.99. The van der Waals surface area contributed by atoms with E-state index in [1.165, 1.54) is 19.1 Å². The van der Waals surface area contributed by atoms with Gasteiger partial charge in [-0.3, -0.25) is 0 Å². The minimum atomic E-state index is -3.09. The molecule has 1 saturated heterocycles. The Kier molecular flexibility index (Phi) is 4.96. The average molecular weight is 282 g/mol. The van der Waals surface area contributed by atoms with Gasteiger partial charge in [-0.1, -0.05) is 12.1 Å². The molecule has 0 radical (unpaired) electrons. The number of hydrogen-bond acceptors (Lipinski definition) is 4. The minimum absolute atomic E-state index is 0.384. The van der Waals surface area contributed by atoms with Gasteiger partial charge in [0.1, 0.15) is 0 Å². The third-order valence-corrected chi connectivity index (χ3v) is 4.65. The van der Waals surface area contributed by atoms with Crippen LogP contribution < -0.4 is 10.6 Å². The molecular formula is C14H22N2O2S. The van der Waals surface area contributed by atoms with Crippen molar-refractivity contribution < 1.29 is 8.42 Å². The largest absolute Gasteiger partial charge is 0.317 e. The molecule has 0 saturated carbocycles. The zero-order chi connectivity index (χ0) is 13.7. The highest BCUT2D eigenvalue weighted by atomic mass is 32.2. The Hall–Kier alpha value is -0.910. The van der Waals surface area contributed by atoms with Gasteiger partial charge in [-0.25, -0.2) is 8.42 Å². The Morgan fingerprint density at radius 3 is 2.63 bits per heavy atom. The molecule has 0 aromatic heterocycles. The van der Waals surface area contributed by atoms with Gasteiger partial charge in [-0.15, -0.1) is 0 Å². The fourth-order valence-electron chi connectivity index (χ4n) is 2.34. The summed E-state index contributed by atoms with van der Waals surface area (Å²) >= 11 is 0. The lowest BCUT2D eigenvalue weighted by molar-refractivity contribution is 0.468. The topological polar surface area (TPSA) is 58.2 Å². The lowest BCUT2D eigenvalue weighted by Crippen LogP contribution is -2.29. The molecule has 1 aliphatic rings. The molecule has 4 nitrogen and oxygen atoms in total. The van der Waals surface area contributed by atoms with E-state index in [9.17, 15) is 8.42 Å². The van der Waals surface area contributed by atoms with Crippen LogP contribution in [-0.2, 0) is 16.4 Å². The molecule has 5 heteroatoms. The fourth-order valence-corrected chi connectivity index (χ4v) is 2.97. The Labute approximate surface area is 115 Å². The van der Waals surface area contributed by atoms with Crippen LogP contribution in [0.4, 0.5) is 0 Å². The lowest BCUT2D eigenvalue weighted by atomic mass is 10.1. The van der Waals surface area contributed by atoms with Crippen molar-refractivity contribution in [3.63, 3.8) is 0 Å². The van der Waals surface area contributed by atoms with Gasteiger partial charge in [0.2, 0.25) is 0 Å². The van der Waals surface area contributed by atoms with Crippen molar-refractivity contribution in [3.05, 3.63) is 29.8 Å². The van der Waals surface area contributed by atoms with E-state index in [0.29, 0.717) is 10.9 Å². The van der Waals surface area contributed by atoms with Crippen LogP contribution in [0.15, 0.2) is 29.2 Å². The van der Waals surface area contributed by atoms with Gasteiger partial charge >= 0.3 is 0 Å². The van der Waals surface area contributed by atoms with Crippen molar-refractivity contribution in [2.45, 2.75) is 36.7 Å². The minimum Gasteiger partial charge on any atom is -0.317 e. The molecule has 1 aromatic rings. The van der Waals surface area contributed by atoms with E-state index >= 15 is 0 Å². The standard InChI is InChI=1S/C14H22N2O2S/c1-19(17,18)14-6-4-12(5-7-14)11-16-13-3-2-9-15-10-8-13/h4-7,13,15-16H,2-3,8-11H2,1H3. The van der Waals surface area contributed by atoms with Crippen LogP contribution in [0.5, 0.6) is 0 Å². The van der Waals surface area contributed by atoms with Crippen molar-refractivity contribution >= 4 is 9.84 Å². The maximum Gasteiger partial charge on any atom is 0.175 e. The summed E-state index contributed by atoms with van der Waals surface area (Å²) in [4.78, 5) is 0.384. The maximum absolute atomic E-state index is 11.4. The van der Waals surface area contributed by atoms with Crippen LogP contribution in [0.3, 0.4) is 0 Å². The molecule has 0 amide bonds. The van der Waals surface area contributed by atoms with Gasteiger partial charge in [0, 0.05) is 18.8 Å². The second kappa shape index (κ2) is 6.50. The Bertz CT molecular complexity index is 489. The smallest absolute Gasteiger partial charge is 0.175 e. The molecule has 0 bridgehead atoms. The van der Waals surface area contributed by atoms with E-state index in [1.54, 1.807) is 12.1 Å². The van der Waals surface area contributed by atoms with E-state index in [4.69, 9.17) is 0 Å². The molecule has 2 rings (SSSR count). The molecule has 1 aliphatic heterocycles. The SMILES string of the molecule is CS(=O)(=O)c1ccc(CNC2CCCNCC2)cc1. The molecule has 1 atom stereocenters. The van der Waals surface area contributed by atoms with E-state index in [2.05, 4.69) is 10.6 Å². The van der Waals surface area contributed by atoms with E-state index < -0.39 is 9.84 Å². The first-order valence-corrected chi connectivity index (χ1v) is 8.68. The predicted molar refractivity (Wildman–Crippen MR) is 76.9 cm³/mol. The van der Waals surface area contributed by atoms with Crippen LogP contribution in [0.2, 0.25) is 0 Å². The number of sulfone groups is 1.